The SMILES string of the molecule is CC(C)(C)[C@H]1CCc2c(sc3ncn(CC(=O)N4CCCc5ccccc54)c(=O)c23)C1. The van der Waals surface area contributed by atoms with Crippen molar-refractivity contribution in [3.05, 3.63) is 57.0 Å². The van der Waals surface area contributed by atoms with E-state index in [1.807, 2.05) is 23.1 Å². The highest BCUT2D eigenvalue weighted by atomic mass is 32.1. The van der Waals surface area contributed by atoms with Gasteiger partial charge in [-0.25, -0.2) is 4.98 Å². The summed E-state index contributed by atoms with van der Waals surface area (Å²) in [6.07, 6.45) is 6.53. The molecule has 1 aliphatic carbocycles. The highest BCUT2D eigenvalue weighted by Crippen LogP contribution is 2.42. The Morgan fingerprint density at radius 3 is 2.84 bits per heavy atom. The Morgan fingerprint density at radius 2 is 2.03 bits per heavy atom. The Kier molecular flexibility index (Phi) is 5.00. The normalized spacial score (nSPS) is 18.7. The van der Waals surface area contributed by atoms with Crippen molar-refractivity contribution in [1.29, 1.82) is 0 Å². The standard InChI is InChI=1S/C25H29N3O2S/c1-25(2,3)17-10-11-18-20(13-17)31-23-22(18)24(30)27(15-26-23)14-21(29)28-12-6-8-16-7-4-5-9-19(16)28/h4-5,7,9,15,17H,6,8,10-14H2,1-3H3/t17-/m0/s1. The fourth-order valence-electron chi connectivity index (χ4n) is 5.08. The van der Waals surface area contributed by atoms with Crippen molar-refractivity contribution < 1.29 is 4.79 Å². The minimum Gasteiger partial charge on any atom is -0.311 e. The Morgan fingerprint density at radius 1 is 1.23 bits per heavy atom. The fraction of sp³-hybridized carbons (Fsp3) is 0.480. The second-order valence-electron chi connectivity index (χ2n) is 9.94. The average molecular weight is 436 g/mol. The van der Waals surface area contributed by atoms with E-state index in [1.165, 1.54) is 20.6 Å². The molecule has 1 aliphatic heterocycles. The van der Waals surface area contributed by atoms with Crippen LogP contribution < -0.4 is 10.5 Å². The van der Waals surface area contributed by atoms with Gasteiger partial charge in [-0.1, -0.05) is 39.0 Å². The van der Waals surface area contributed by atoms with Crippen molar-refractivity contribution in [2.75, 3.05) is 11.4 Å². The summed E-state index contributed by atoms with van der Waals surface area (Å²) in [4.78, 5) is 35.0. The van der Waals surface area contributed by atoms with Crippen molar-refractivity contribution in [2.45, 2.75) is 59.4 Å². The molecule has 0 spiro atoms. The van der Waals surface area contributed by atoms with Gasteiger partial charge in [-0.2, -0.15) is 0 Å². The number of para-hydroxylation sites is 1. The number of nitrogens with zero attached hydrogens (tertiary/aromatic N) is 3. The van der Waals surface area contributed by atoms with Crippen molar-refractivity contribution in [3.8, 4) is 0 Å². The quantitative estimate of drug-likeness (QED) is 0.592. The molecule has 0 N–H and O–H groups in total. The van der Waals surface area contributed by atoms with Crippen LogP contribution in [0.15, 0.2) is 35.4 Å². The van der Waals surface area contributed by atoms with Gasteiger partial charge in [0.25, 0.3) is 5.56 Å². The number of fused-ring (bicyclic) bond motifs is 4. The molecule has 0 saturated carbocycles. The van der Waals surface area contributed by atoms with Gasteiger partial charge in [-0.15, -0.1) is 11.3 Å². The lowest BCUT2D eigenvalue weighted by molar-refractivity contribution is -0.119. The predicted molar refractivity (Wildman–Crippen MR) is 126 cm³/mol. The van der Waals surface area contributed by atoms with E-state index in [9.17, 15) is 9.59 Å². The lowest BCUT2D eigenvalue weighted by Gasteiger charge is -2.33. The topological polar surface area (TPSA) is 55.2 Å². The summed E-state index contributed by atoms with van der Waals surface area (Å²) in [5.41, 5.74) is 3.53. The maximum absolute atomic E-state index is 13.4. The highest BCUT2D eigenvalue weighted by molar-refractivity contribution is 7.18. The maximum atomic E-state index is 13.4. The third kappa shape index (κ3) is 3.61. The number of aryl methyl sites for hydroxylation is 2. The van der Waals surface area contributed by atoms with Crippen LogP contribution in [0.4, 0.5) is 5.69 Å². The van der Waals surface area contributed by atoms with Gasteiger partial charge in [0.05, 0.1) is 11.7 Å². The van der Waals surface area contributed by atoms with Gasteiger partial charge < -0.3 is 4.90 Å². The first-order valence-electron chi connectivity index (χ1n) is 11.2. The number of hydrogen-bond acceptors (Lipinski definition) is 4. The molecular formula is C25H29N3O2S. The lowest BCUT2D eigenvalue weighted by Crippen LogP contribution is -2.39. The van der Waals surface area contributed by atoms with Gasteiger partial charge in [0, 0.05) is 17.1 Å². The zero-order valence-corrected chi connectivity index (χ0v) is 19.3. The second kappa shape index (κ2) is 7.59. The summed E-state index contributed by atoms with van der Waals surface area (Å²) in [5.74, 6) is 0.573. The summed E-state index contributed by atoms with van der Waals surface area (Å²) in [5, 5.41) is 0.738. The molecular weight excluding hydrogens is 406 g/mol. The van der Waals surface area contributed by atoms with E-state index in [-0.39, 0.29) is 23.4 Å². The van der Waals surface area contributed by atoms with Crippen LogP contribution in [-0.4, -0.2) is 22.0 Å². The van der Waals surface area contributed by atoms with Crippen molar-refractivity contribution in [1.82, 2.24) is 9.55 Å². The molecule has 0 radical (unpaired) electrons. The fourth-order valence-corrected chi connectivity index (χ4v) is 6.33. The molecule has 1 atom stereocenters. The Hall–Kier alpha value is -2.47. The predicted octanol–water partition coefficient (Wildman–Crippen LogP) is 4.59. The molecule has 31 heavy (non-hydrogen) atoms. The molecule has 2 aromatic heterocycles. The van der Waals surface area contributed by atoms with Gasteiger partial charge in [0.2, 0.25) is 5.91 Å². The molecule has 0 fully saturated rings. The summed E-state index contributed by atoms with van der Waals surface area (Å²) in [6, 6.07) is 8.06. The minimum absolute atomic E-state index is 0.0331. The minimum atomic E-state index is -0.0737. The zero-order valence-electron chi connectivity index (χ0n) is 18.5. The molecule has 2 aliphatic rings. The molecule has 0 unspecified atom stereocenters. The van der Waals surface area contributed by atoms with Crippen LogP contribution in [0.3, 0.4) is 0 Å². The number of amides is 1. The van der Waals surface area contributed by atoms with E-state index in [2.05, 4.69) is 31.8 Å². The van der Waals surface area contributed by atoms with Crippen LogP contribution in [0, 0.1) is 11.3 Å². The molecule has 162 valence electrons. The first-order valence-corrected chi connectivity index (χ1v) is 12.0. The van der Waals surface area contributed by atoms with Crippen LogP contribution in [0.5, 0.6) is 0 Å². The summed E-state index contributed by atoms with van der Waals surface area (Å²) in [6.45, 7) is 7.62. The van der Waals surface area contributed by atoms with E-state index in [1.54, 1.807) is 17.7 Å². The number of rotatable bonds is 2. The molecule has 0 bridgehead atoms. The van der Waals surface area contributed by atoms with E-state index in [4.69, 9.17) is 0 Å². The summed E-state index contributed by atoms with van der Waals surface area (Å²) in [7, 11) is 0. The zero-order chi connectivity index (χ0) is 21.8. The van der Waals surface area contributed by atoms with Crippen LogP contribution in [-0.2, 0) is 30.6 Å². The Bertz CT molecular complexity index is 1220. The maximum Gasteiger partial charge on any atom is 0.262 e. The second-order valence-corrected chi connectivity index (χ2v) is 11.0. The van der Waals surface area contributed by atoms with E-state index in [0.29, 0.717) is 12.5 Å². The summed E-state index contributed by atoms with van der Waals surface area (Å²) < 4.78 is 1.50. The Balaban J connectivity index is 1.45. The molecule has 1 amide bonds. The molecule has 3 aromatic rings. The third-order valence-corrected chi connectivity index (χ3v) is 8.14. The number of aromatic nitrogens is 2. The largest absolute Gasteiger partial charge is 0.311 e. The first kappa shape index (κ1) is 20.4. The van der Waals surface area contributed by atoms with Crippen molar-refractivity contribution >= 4 is 33.1 Å². The number of hydrogen-bond donors (Lipinski definition) is 0. The van der Waals surface area contributed by atoms with Crippen LogP contribution in [0.25, 0.3) is 10.2 Å². The van der Waals surface area contributed by atoms with Crippen molar-refractivity contribution in [2.24, 2.45) is 11.3 Å². The highest BCUT2D eigenvalue weighted by Gasteiger charge is 2.32. The van der Waals surface area contributed by atoms with E-state index in [0.717, 1.165) is 48.0 Å². The average Bonchev–Trinajstić information content (AvgIpc) is 3.13. The third-order valence-electron chi connectivity index (χ3n) is 6.98. The number of carbonyl (C=O) groups is 1. The van der Waals surface area contributed by atoms with Gasteiger partial charge in [0.15, 0.2) is 0 Å². The number of thiophene rings is 1. The molecule has 1 aromatic carbocycles. The Labute approximate surface area is 186 Å². The lowest BCUT2D eigenvalue weighted by atomic mass is 9.72. The van der Waals surface area contributed by atoms with Gasteiger partial charge >= 0.3 is 0 Å². The van der Waals surface area contributed by atoms with Gasteiger partial charge in [0.1, 0.15) is 11.4 Å². The summed E-state index contributed by atoms with van der Waals surface area (Å²) >= 11 is 1.66. The van der Waals surface area contributed by atoms with Gasteiger partial charge in [-0.05, 0) is 60.6 Å². The number of anilines is 1. The molecule has 0 saturated heterocycles. The molecule has 3 heterocycles. The van der Waals surface area contributed by atoms with Crippen LogP contribution in [0.2, 0.25) is 0 Å². The first-order chi connectivity index (χ1) is 14.8. The molecule has 5 nitrogen and oxygen atoms in total. The van der Waals surface area contributed by atoms with Crippen LogP contribution >= 0.6 is 11.3 Å². The van der Waals surface area contributed by atoms with E-state index >= 15 is 0 Å². The van der Waals surface area contributed by atoms with E-state index < -0.39 is 0 Å². The molecule has 5 rings (SSSR count). The monoisotopic (exact) mass is 435 g/mol. The smallest absolute Gasteiger partial charge is 0.262 e. The van der Waals surface area contributed by atoms with Crippen LogP contribution in [0.1, 0.15) is 49.6 Å². The van der Waals surface area contributed by atoms with Gasteiger partial charge in [-0.3, -0.25) is 14.2 Å². The molecule has 6 heteroatoms. The number of carbonyl (C=O) groups excluding carboxylic acids is 1. The number of benzene rings is 1. The van der Waals surface area contributed by atoms with Crippen molar-refractivity contribution in [3.63, 3.8) is 0 Å².